The van der Waals surface area contributed by atoms with Gasteiger partial charge in [0.1, 0.15) is 5.75 Å². The van der Waals surface area contributed by atoms with Gasteiger partial charge in [0, 0.05) is 0 Å². The molecule has 0 heterocycles. The monoisotopic (exact) mass is 802 g/mol. The van der Waals surface area contributed by atoms with E-state index in [9.17, 15) is 4.79 Å². The number of carbonyl (C=O) groups excluding carboxylic acids is 1. The van der Waals surface area contributed by atoms with E-state index in [1.165, 1.54) is 5.56 Å². The van der Waals surface area contributed by atoms with Gasteiger partial charge >= 0.3 is 5.97 Å². The number of carbonyl (C=O) groups is 1. The van der Waals surface area contributed by atoms with Crippen molar-refractivity contribution < 1.29 is 9.53 Å². The first-order valence-corrected chi connectivity index (χ1v) is 21.3. The highest BCUT2D eigenvalue weighted by atomic mass is 16.5. The van der Waals surface area contributed by atoms with Crippen molar-refractivity contribution in [2.45, 2.75) is 27.2 Å². The van der Waals surface area contributed by atoms with Crippen molar-refractivity contribution in [2.75, 3.05) is 0 Å². The van der Waals surface area contributed by atoms with Crippen LogP contribution in [0.2, 0.25) is 0 Å². The lowest BCUT2D eigenvalue weighted by Crippen LogP contribution is -2.28. The van der Waals surface area contributed by atoms with E-state index in [2.05, 4.69) is 206 Å². The number of hydrogen-bond donors (Lipinski definition) is 0. The molecule has 0 aliphatic rings. The minimum atomic E-state index is -0.573. The fourth-order valence-electron chi connectivity index (χ4n) is 7.26. The van der Waals surface area contributed by atoms with Crippen LogP contribution < -0.4 is 4.74 Å². The van der Waals surface area contributed by atoms with Crippen LogP contribution >= 0.6 is 0 Å². The van der Waals surface area contributed by atoms with E-state index < -0.39 is 5.41 Å². The Morgan fingerprint density at radius 1 is 0.403 bits per heavy atom. The molecule has 0 fully saturated rings. The first-order chi connectivity index (χ1) is 30.3. The van der Waals surface area contributed by atoms with Crippen molar-refractivity contribution in [1.29, 1.82) is 0 Å². The third-order valence-electron chi connectivity index (χ3n) is 11.4. The lowest BCUT2D eigenvalue weighted by Gasteiger charge is -2.21. The molecule has 0 saturated heterocycles. The third-order valence-corrected chi connectivity index (χ3v) is 11.4. The van der Waals surface area contributed by atoms with Crippen molar-refractivity contribution in [3.05, 3.63) is 234 Å². The molecule has 0 saturated carbocycles. The van der Waals surface area contributed by atoms with Crippen LogP contribution in [0.1, 0.15) is 60.6 Å². The zero-order valence-corrected chi connectivity index (χ0v) is 35.5. The average Bonchev–Trinajstić information content (AvgIpc) is 3.33. The molecule has 0 bridgehead atoms. The standard InChI is InChI=1S/C60H50O2/c1-4-60(2,3)59(61)62-55-40-38-53(39-41-55)58-56(51-34-28-48(29-35-51)24-21-45-16-10-6-11-17-45)42-54(50-32-26-47(27-33-50)23-20-44-14-8-5-9-15-44)43-57(58)52-36-30-49(31-37-52)25-22-46-18-12-7-13-19-46/h5-43H,4H2,1-3H3. The van der Waals surface area contributed by atoms with Crippen LogP contribution in [-0.2, 0) is 4.79 Å². The summed E-state index contributed by atoms with van der Waals surface area (Å²) in [5, 5.41) is 0. The summed E-state index contributed by atoms with van der Waals surface area (Å²) in [7, 11) is 0. The lowest BCUT2D eigenvalue weighted by molar-refractivity contribution is -0.144. The molecule has 0 amide bonds. The Balaban J connectivity index is 1.25. The Bertz CT molecular complexity index is 2700. The van der Waals surface area contributed by atoms with Gasteiger partial charge in [-0.2, -0.15) is 0 Å². The zero-order valence-electron chi connectivity index (χ0n) is 35.5. The van der Waals surface area contributed by atoms with Gasteiger partial charge in [0.05, 0.1) is 5.41 Å². The van der Waals surface area contributed by atoms with Gasteiger partial charge in [-0.15, -0.1) is 0 Å². The molecular weight excluding hydrogens is 753 g/mol. The molecule has 0 atom stereocenters. The topological polar surface area (TPSA) is 26.3 Å². The quantitative estimate of drug-likeness (QED) is 0.0659. The van der Waals surface area contributed by atoms with Gasteiger partial charge in [0.2, 0.25) is 0 Å². The van der Waals surface area contributed by atoms with Crippen molar-refractivity contribution in [1.82, 2.24) is 0 Å². The fourth-order valence-corrected chi connectivity index (χ4v) is 7.26. The molecule has 0 spiro atoms. The normalized spacial score (nSPS) is 11.7. The smallest absolute Gasteiger partial charge is 0.316 e. The van der Waals surface area contributed by atoms with Gasteiger partial charge in [-0.1, -0.05) is 219 Å². The van der Waals surface area contributed by atoms with Crippen molar-refractivity contribution >= 4 is 42.4 Å². The number of benzene rings is 8. The van der Waals surface area contributed by atoms with Crippen LogP contribution in [0.5, 0.6) is 5.75 Å². The summed E-state index contributed by atoms with van der Waals surface area (Å²) in [4.78, 5) is 13.1. The summed E-state index contributed by atoms with van der Waals surface area (Å²) < 4.78 is 5.90. The summed E-state index contributed by atoms with van der Waals surface area (Å²) in [6.07, 6.45) is 13.6. The lowest BCUT2D eigenvalue weighted by atomic mass is 9.84. The molecule has 0 aliphatic carbocycles. The predicted octanol–water partition coefficient (Wildman–Crippen LogP) is 16.2. The third kappa shape index (κ3) is 10.2. The molecule has 2 heteroatoms. The van der Waals surface area contributed by atoms with Gasteiger partial charge in [-0.3, -0.25) is 4.79 Å². The number of hydrogen-bond acceptors (Lipinski definition) is 2. The second-order valence-corrected chi connectivity index (χ2v) is 16.2. The van der Waals surface area contributed by atoms with E-state index in [-0.39, 0.29) is 5.97 Å². The molecule has 0 aromatic heterocycles. The summed E-state index contributed by atoms with van der Waals surface area (Å²) in [5.74, 6) is 0.299. The minimum absolute atomic E-state index is 0.233. The molecule has 2 nitrogen and oxygen atoms in total. The van der Waals surface area contributed by atoms with Gasteiger partial charge < -0.3 is 4.74 Å². The maximum Gasteiger partial charge on any atom is 0.316 e. The molecule has 302 valence electrons. The Hall–Kier alpha value is -7.55. The molecule has 0 radical (unpaired) electrons. The Morgan fingerprint density at radius 3 is 1.08 bits per heavy atom. The van der Waals surface area contributed by atoms with Crippen molar-refractivity contribution in [3.8, 4) is 50.3 Å². The predicted molar refractivity (Wildman–Crippen MR) is 264 cm³/mol. The molecular formula is C60H50O2. The van der Waals surface area contributed by atoms with Crippen LogP contribution in [0.4, 0.5) is 0 Å². The van der Waals surface area contributed by atoms with Gasteiger partial charge in [0.25, 0.3) is 0 Å². The van der Waals surface area contributed by atoms with E-state index in [0.717, 1.165) is 72.3 Å². The highest BCUT2D eigenvalue weighted by Crippen LogP contribution is 2.44. The van der Waals surface area contributed by atoms with E-state index in [4.69, 9.17) is 4.74 Å². The number of rotatable bonds is 13. The molecule has 0 unspecified atom stereocenters. The Labute approximate surface area is 366 Å². The second kappa shape index (κ2) is 19.2. The molecule has 8 rings (SSSR count). The number of esters is 1. The summed E-state index contributed by atoms with van der Waals surface area (Å²) in [6, 6.07) is 70.1. The summed E-state index contributed by atoms with van der Waals surface area (Å²) in [6.45, 7) is 5.85. The van der Waals surface area contributed by atoms with Crippen molar-refractivity contribution in [3.63, 3.8) is 0 Å². The Morgan fingerprint density at radius 2 is 0.726 bits per heavy atom. The van der Waals surface area contributed by atoms with E-state index in [1.807, 2.05) is 51.1 Å². The van der Waals surface area contributed by atoms with Gasteiger partial charge in [0.15, 0.2) is 0 Å². The molecule has 8 aromatic carbocycles. The molecule has 0 aliphatic heterocycles. The molecule has 8 aromatic rings. The van der Waals surface area contributed by atoms with Gasteiger partial charge in [-0.05, 0) is 122 Å². The summed E-state index contributed by atoms with van der Waals surface area (Å²) in [5.41, 5.74) is 15.1. The highest BCUT2D eigenvalue weighted by molar-refractivity contribution is 5.98. The van der Waals surface area contributed by atoms with Crippen molar-refractivity contribution in [2.24, 2.45) is 5.41 Å². The fraction of sp³-hybridized carbons (Fsp3) is 0.0833. The second-order valence-electron chi connectivity index (χ2n) is 16.2. The Kier molecular flexibility index (Phi) is 12.8. The van der Waals surface area contributed by atoms with Crippen LogP contribution in [0.25, 0.3) is 81.0 Å². The highest BCUT2D eigenvalue weighted by Gasteiger charge is 2.27. The summed E-state index contributed by atoms with van der Waals surface area (Å²) >= 11 is 0. The number of ether oxygens (including phenoxy) is 1. The van der Waals surface area contributed by atoms with E-state index in [0.29, 0.717) is 12.2 Å². The molecule has 62 heavy (non-hydrogen) atoms. The maximum absolute atomic E-state index is 13.1. The minimum Gasteiger partial charge on any atom is -0.426 e. The van der Waals surface area contributed by atoms with Crippen LogP contribution in [0.3, 0.4) is 0 Å². The molecule has 0 N–H and O–H groups in total. The zero-order chi connectivity index (χ0) is 42.7. The van der Waals surface area contributed by atoms with Gasteiger partial charge in [-0.25, -0.2) is 0 Å². The first-order valence-electron chi connectivity index (χ1n) is 21.3. The van der Waals surface area contributed by atoms with E-state index >= 15 is 0 Å². The van der Waals surface area contributed by atoms with Crippen LogP contribution in [0.15, 0.2) is 200 Å². The maximum atomic E-state index is 13.1. The SMILES string of the molecule is CCC(C)(C)C(=O)Oc1ccc(-c2c(-c3ccc(C=Cc4ccccc4)cc3)cc(-c3ccc(C=Cc4ccccc4)cc3)cc2-c2ccc(C=Cc3ccccc3)cc2)cc1. The largest absolute Gasteiger partial charge is 0.426 e. The average molecular weight is 803 g/mol. The first kappa shape index (κ1) is 41.2. The van der Waals surface area contributed by atoms with E-state index in [1.54, 1.807) is 0 Å². The van der Waals surface area contributed by atoms with Crippen LogP contribution in [0, 0.1) is 5.41 Å². The van der Waals surface area contributed by atoms with Crippen LogP contribution in [-0.4, -0.2) is 5.97 Å².